The second-order valence-electron chi connectivity index (χ2n) is 4.40. The lowest BCUT2D eigenvalue weighted by atomic mass is 9.99. The standard InChI is InChI=1S/C11H17N3O/c1-8-3-5-14(6-4-8)10-7-9(2)12-11(15)13-10/h7-8H,3-6H2,1-2H3,(H,12,13,15). The van der Waals surface area contributed by atoms with Crippen molar-refractivity contribution in [2.24, 2.45) is 5.92 Å². The van der Waals surface area contributed by atoms with E-state index in [0.29, 0.717) is 0 Å². The Balaban J connectivity index is 2.19. The van der Waals surface area contributed by atoms with Crippen LogP contribution in [0.2, 0.25) is 0 Å². The molecule has 0 aliphatic carbocycles. The van der Waals surface area contributed by atoms with Crippen molar-refractivity contribution in [3.63, 3.8) is 0 Å². The van der Waals surface area contributed by atoms with Gasteiger partial charge in [0, 0.05) is 18.8 Å². The van der Waals surface area contributed by atoms with Gasteiger partial charge in [-0.25, -0.2) is 4.79 Å². The van der Waals surface area contributed by atoms with Crippen LogP contribution in [0.15, 0.2) is 10.9 Å². The molecular weight excluding hydrogens is 190 g/mol. The van der Waals surface area contributed by atoms with Gasteiger partial charge in [0.2, 0.25) is 0 Å². The molecule has 1 N–H and O–H groups in total. The van der Waals surface area contributed by atoms with Gasteiger partial charge in [0.25, 0.3) is 0 Å². The van der Waals surface area contributed by atoms with Gasteiger partial charge >= 0.3 is 5.69 Å². The molecule has 1 fully saturated rings. The van der Waals surface area contributed by atoms with Gasteiger partial charge in [0.1, 0.15) is 5.82 Å². The highest BCUT2D eigenvalue weighted by atomic mass is 16.1. The molecule has 15 heavy (non-hydrogen) atoms. The third-order valence-electron chi connectivity index (χ3n) is 2.97. The SMILES string of the molecule is Cc1cc(N2CCC(C)CC2)nc(=O)[nH]1. The van der Waals surface area contributed by atoms with E-state index in [1.165, 1.54) is 12.8 Å². The van der Waals surface area contributed by atoms with E-state index in [2.05, 4.69) is 21.8 Å². The summed E-state index contributed by atoms with van der Waals surface area (Å²) < 4.78 is 0. The number of rotatable bonds is 1. The monoisotopic (exact) mass is 207 g/mol. The van der Waals surface area contributed by atoms with Crippen LogP contribution in [-0.2, 0) is 0 Å². The summed E-state index contributed by atoms with van der Waals surface area (Å²) in [7, 11) is 0. The maximum atomic E-state index is 11.2. The normalized spacial score (nSPS) is 18.1. The minimum absolute atomic E-state index is 0.247. The first-order chi connectivity index (χ1) is 7.15. The number of aromatic nitrogens is 2. The smallest absolute Gasteiger partial charge is 0.347 e. The highest BCUT2D eigenvalue weighted by molar-refractivity contribution is 5.38. The van der Waals surface area contributed by atoms with Crippen molar-refractivity contribution < 1.29 is 0 Å². The van der Waals surface area contributed by atoms with Gasteiger partial charge in [-0.15, -0.1) is 0 Å². The number of nitrogens with one attached hydrogen (secondary N) is 1. The van der Waals surface area contributed by atoms with Crippen LogP contribution in [0.25, 0.3) is 0 Å². The molecule has 0 saturated carbocycles. The predicted octanol–water partition coefficient (Wildman–Crippen LogP) is 1.31. The van der Waals surface area contributed by atoms with E-state index < -0.39 is 0 Å². The topological polar surface area (TPSA) is 49.0 Å². The molecule has 4 heteroatoms. The van der Waals surface area contributed by atoms with E-state index >= 15 is 0 Å². The number of hydrogen-bond acceptors (Lipinski definition) is 3. The number of nitrogens with zero attached hydrogens (tertiary/aromatic N) is 2. The van der Waals surface area contributed by atoms with Crippen LogP contribution in [-0.4, -0.2) is 23.1 Å². The van der Waals surface area contributed by atoms with Crippen molar-refractivity contribution in [3.8, 4) is 0 Å². The van der Waals surface area contributed by atoms with Crippen LogP contribution in [0, 0.1) is 12.8 Å². The number of anilines is 1. The fraction of sp³-hybridized carbons (Fsp3) is 0.636. The lowest BCUT2D eigenvalue weighted by molar-refractivity contribution is 0.436. The number of aryl methyl sites for hydroxylation is 1. The molecule has 2 rings (SSSR count). The lowest BCUT2D eigenvalue weighted by Crippen LogP contribution is -2.34. The predicted molar refractivity (Wildman–Crippen MR) is 60.2 cm³/mol. The van der Waals surface area contributed by atoms with Crippen LogP contribution >= 0.6 is 0 Å². The van der Waals surface area contributed by atoms with Crippen LogP contribution in [0.3, 0.4) is 0 Å². The van der Waals surface area contributed by atoms with Crippen molar-refractivity contribution in [1.29, 1.82) is 0 Å². The molecule has 0 atom stereocenters. The molecule has 2 heterocycles. The van der Waals surface area contributed by atoms with E-state index in [0.717, 1.165) is 30.5 Å². The summed E-state index contributed by atoms with van der Waals surface area (Å²) in [6.45, 7) is 6.18. The number of H-pyrrole nitrogens is 1. The maximum Gasteiger partial charge on any atom is 0.347 e. The zero-order valence-corrected chi connectivity index (χ0v) is 9.29. The van der Waals surface area contributed by atoms with Gasteiger partial charge in [0.15, 0.2) is 0 Å². The average molecular weight is 207 g/mol. The van der Waals surface area contributed by atoms with Gasteiger partial charge in [-0.05, 0) is 31.7 Å². The minimum Gasteiger partial charge on any atom is -0.356 e. The Kier molecular flexibility index (Phi) is 2.75. The summed E-state index contributed by atoms with van der Waals surface area (Å²) in [5.41, 5.74) is 0.632. The molecule has 1 saturated heterocycles. The van der Waals surface area contributed by atoms with E-state index in [1.807, 2.05) is 13.0 Å². The summed E-state index contributed by atoms with van der Waals surface area (Å²) in [6, 6.07) is 1.94. The second kappa shape index (κ2) is 4.04. The Morgan fingerprint density at radius 3 is 2.73 bits per heavy atom. The third kappa shape index (κ3) is 2.37. The van der Waals surface area contributed by atoms with E-state index in [9.17, 15) is 4.79 Å². The van der Waals surface area contributed by atoms with Gasteiger partial charge in [0.05, 0.1) is 0 Å². The molecular formula is C11H17N3O. The van der Waals surface area contributed by atoms with Gasteiger partial charge < -0.3 is 9.88 Å². The highest BCUT2D eigenvalue weighted by Crippen LogP contribution is 2.20. The third-order valence-corrected chi connectivity index (χ3v) is 2.97. The molecule has 0 bridgehead atoms. The molecule has 1 aliphatic rings. The van der Waals surface area contributed by atoms with Gasteiger partial charge in [-0.2, -0.15) is 4.98 Å². The second-order valence-corrected chi connectivity index (χ2v) is 4.40. The lowest BCUT2D eigenvalue weighted by Gasteiger charge is -2.31. The fourth-order valence-electron chi connectivity index (χ4n) is 1.96. The van der Waals surface area contributed by atoms with Crippen LogP contribution in [0.1, 0.15) is 25.5 Å². The average Bonchev–Trinajstić information content (AvgIpc) is 2.17. The largest absolute Gasteiger partial charge is 0.356 e. The molecule has 1 aromatic rings. The van der Waals surface area contributed by atoms with E-state index in [1.54, 1.807) is 0 Å². The molecule has 4 nitrogen and oxygen atoms in total. The van der Waals surface area contributed by atoms with Crippen molar-refractivity contribution in [1.82, 2.24) is 9.97 Å². The first-order valence-corrected chi connectivity index (χ1v) is 5.48. The Labute approximate surface area is 89.3 Å². The highest BCUT2D eigenvalue weighted by Gasteiger charge is 2.17. The minimum atomic E-state index is -0.247. The van der Waals surface area contributed by atoms with E-state index in [4.69, 9.17) is 0 Å². The summed E-state index contributed by atoms with van der Waals surface area (Å²) in [5.74, 6) is 1.62. The quantitative estimate of drug-likeness (QED) is 0.755. The Morgan fingerprint density at radius 2 is 2.13 bits per heavy atom. The Hall–Kier alpha value is -1.32. The van der Waals surface area contributed by atoms with Crippen molar-refractivity contribution in [2.45, 2.75) is 26.7 Å². The summed E-state index contributed by atoms with van der Waals surface area (Å²) in [5, 5.41) is 0. The van der Waals surface area contributed by atoms with Crippen molar-refractivity contribution in [3.05, 3.63) is 22.2 Å². The molecule has 82 valence electrons. The first kappa shape index (κ1) is 10.2. The van der Waals surface area contributed by atoms with Gasteiger partial charge in [-0.1, -0.05) is 6.92 Å². The molecule has 0 spiro atoms. The summed E-state index contributed by atoms with van der Waals surface area (Å²) in [4.78, 5) is 20.1. The van der Waals surface area contributed by atoms with Crippen LogP contribution in [0.5, 0.6) is 0 Å². The molecule has 0 radical (unpaired) electrons. The molecule has 0 aromatic carbocycles. The Morgan fingerprint density at radius 1 is 1.47 bits per heavy atom. The van der Waals surface area contributed by atoms with E-state index in [-0.39, 0.29) is 5.69 Å². The number of piperidine rings is 1. The molecule has 1 aromatic heterocycles. The van der Waals surface area contributed by atoms with Gasteiger partial charge in [-0.3, -0.25) is 0 Å². The summed E-state index contributed by atoms with van der Waals surface area (Å²) in [6.07, 6.45) is 2.38. The van der Waals surface area contributed by atoms with Crippen LogP contribution < -0.4 is 10.6 Å². The van der Waals surface area contributed by atoms with Crippen molar-refractivity contribution >= 4 is 5.82 Å². The molecule has 0 amide bonds. The number of aromatic amines is 1. The molecule has 1 aliphatic heterocycles. The zero-order chi connectivity index (χ0) is 10.8. The number of hydrogen-bond donors (Lipinski definition) is 1. The fourth-order valence-corrected chi connectivity index (χ4v) is 1.96. The maximum absolute atomic E-state index is 11.2. The first-order valence-electron chi connectivity index (χ1n) is 5.48. The van der Waals surface area contributed by atoms with Crippen molar-refractivity contribution in [2.75, 3.05) is 18.0 Å². The Bertz CT molecular complexity index is 391. The molecule has 0 unspecified atom stereocenters. The summed E-state index contributed by atoms with van der Waals surface area (Å²) >= 11 is 0. The van der Waals surface area contributed by atoms with Crippen LogP contribution in [0.4, 0.5) is 5.82 Å². The zero-order valence-electron chi connectivity index (χ0n) is 9.29.